The third-order valence-corrected chi connectivity index (χ3v) is 3.99. The van der Waals surface area contributed by atoms with E-state index in [9.17, 15) is 0 Å². The summed E-state index contributed by atoms with van der Waals surface area (Å²) in [7, 11) is 1.62. The summed E-state index contributed by atoms with van der Waals surface area (Å²) in [6, 6.07) is 10.5. The Balaban J connectivity index is 1.76. The van der Waals surface area contributed by atoms with Gasteiger partial charge in [0.15, 0.2) is 0 Å². The molecule has 1 aromatic heterocycles. The van der Waals surface area contributed by atoms with Gasteiger partial charge in [0.05, 0.1) is 13.2 Å². The van der Waals surface area contributed by atoms with Crippen LogP contribution in [0, 0.1) is 0 Å². The van der Waals surface area contributed by atoms with Crippen LogP contribution >= 0.6 is 11.8 Å². The lowest BCUT2D eigenvalue weighted by Gasteiger charge is -2.22. The number of anilines is 1. The second kappa shape index (κ2) is 5.68. The van der Waals surface area contributed by atoms with Crippen LogP contribution in [0.2, 0.25) is 0 Å². The number of thioether (sulfide) groups is 1. The normalized spacial score (nSPS) is 17.3. The van der Waals surface area contributed by atoms with E-state index >= 15 is 0 Å². The summed E-state index contributed by atoms with van der Waals surface area (Å²) in [6.07, 6.45) is 3.90. The SMILES string of the molecule is CON1C=CC(C)n2nc(SCc3ccccc3)nc21. The number of hydrogen-bond acceptors (Lipinski definition) is 5. The molecular formula is C14H16N4OS. The number of nitrogens with zero attached hydrogens (tertiary/aromatic N) is 4. The molecule has 1 aliphatic heterocycles. The maximum absolute atomic E-state index is 5.26. The summed E-state index contributed by atoms with van der Waals surface area (Å²) in [5, 5.41) is 6.93. The Labute approximate surface area is 122 Å². The van der Waals surface area contributed by atoms with Crippen molar-refractivity contribution < 1.29 is 4.84 Å². The molecule has 3 rings (SSSR count). The third-order valence-electron chi connectivity index (χ3n) is 3.08. The monoisotopic (exact) mass is 288 g/mol. The minimum atomic E-state index is 0.190. The number of allylic oxidation sites excluding steroid dienone is 1. The molecular weight excluding hydrogens is 272 g/mol. The molecule has 1 unspecified atom stereocenters. The van der Waals surface area contributed by atoms with Gasteiger partial charge < -0.3 is 0 Å². The highest BCUT2D eigenvalue weighted by molar-refractivity contribution is 7.98. The Morgan fingerprint density at radius 1 is 1.30 bits per heavy atom. The molecule has 6 heteroatoms. The van der Waals surface area contributed by atoms with E-state index in [0.717, 1.165) is 16.9 Å². The molecule has 1 aliphatic rings. The van der Waals surface area contributed by atoms with Gasteiger partial charge in [-0.3, -0.25) is 4.84 Å². The highest BCUT2D eigenvalue weighted by Gasteiger charge is 2.22. The van der Waals surface area contributed by atoms with Crippen LogP contribution in [0.3, 0.4) is 0 Å². The van der Waals surface area contributed by atoms with Gasteiger partial charge in [-0.15, -0.1) is 5.10 Å². The van der Waals surface area contributed by atoms with Crippen LogP contribution in [0.4, 0.5) is 5.95 Å². The second-order valence-electron chi connectivity index (χ2n) is 4.50. The highest BCUT2D eigenvalue weighted by atomic mass is 32.2. The van der Waals surface area contributed by atoms with Crippen LogP contribution in [0.25, 0.3) is 0 Å². The lowest BCUT2D eigenvalue weighted by molar-refractivity contribution is 0.185. The van der Waals surface area contributed by atoms with E-state index in [1.165, 1.54) is 5.56 Å². The second-order valence-corrected chi connectivity index (χ2v) is 5.45. The molecule has 1 atom stereocenters. The summed E-state index contributed by atoms with van der Waals surface area (Å²) >= 11 is 1.63. The summed E-state index contributed by atoms with van der Waals surface area (Å²) in [5.41, 5.74) is 1.26. The van der Waals surface area contributed by atoms with Crippen LogP contribution in [0.15, 0.2) is 47.8 Å². The first kappa shape index (κ1) is 13.2. The first-order chi connectivity index (χ1) is 9.78. The first-order valence-electron chi connectivity index (χ1n) is 6.43. The average Bonchev–Trinajstić information content (AvgIpc) is 2.92. The minimum absolute atomic E-state index is 0.190. The number of fused-ring (bicyclic) bond motifs is 1. The van der Waals surface area contributed by atoms with E-state index in [0.29, 0.717) is 0 Å². The molecule has 5 nitrogen and oxygen atoms in total. The topological polar surface area (TPSA) is 43.2 Å². The van der Waals surface area contributed by atoms with Crippen LogP contribution in [-0.4, -0.2) is 21.9 Å². The lowest BCUT2D eigenvalue weighted by atomic mass is 10.2. The fourth-order valence-corrected chi connectivity index (χ4v) is 2.78. The molecule has 0 bridgehead atoms. The Bertz CT molecular complexity index is 611. The average molecular weight is 288 g/mol. The summed E-state index contributed by atoms with van der Waals surface area (Å²) in [6.45, 7) is 2.08. The molecule has 0 radical (unpaired) electrons. The molecule has 0 saturated carbocycles. The van der Waals surface area contributed by atoms with E-state index in [1.807, 2.05) is 35.2 Å². The fourth-order valence-electron chi connectivity index (χ4n) is 2.00. The molecule has 2 aromatic rings. The molecule has 0 aliphatic carbocycles. The van der Waals surface area contributed by atoms with E-state index in [2.05, 4.69) is 29.1 Å². The van der Waals surface area contributed by atoms with Gasteiger partial charge in [0, 0.05) is 12.0 Å². The number of hydroxylamine groups is 1. The molecule has 0 fully saturated rings. The Kier molecular flexibility index (Phi) is 3.75. The van der Waals surface area contributed by atoms with Gasteiger partial charge in [-0.2, -0.15) is 10.0 Å². The van der Waals surface area contributed by atoms with E-state index in [1.54, 1.807) is 23.9 Å². The Hall–Kier alpha value is -1.79. The fraction of sp³-hybridized carbons (Fsp3) is 0.286. The third kappa shape index (κ3) is 2.57. The van der Waals surface area contributed by atoms with Gasteiger partial charge >= 0.3 is 0 Å². The molecule has 0 saturated heterocycles. The van der Waals surface area contributed by atoms with Crippen LogP contribution in [0.5, 0.6) is 0 Å². The smallest absolute Gasteiger partial charge is 0.254 e. The summed E-state index contributed by atoms with van der Waals surface area (Å²) in [5.74, 6) is 1.58. The largest absolute Gasteiger partial charge is 0.270 e. The van der Waals surface area contributed by atoms with E-state index in [4.69, 9.17) is 4.84 Å². The number of hydrogen-bond donors (Lipinski definition) is 0. The zero-order chi connectivity index (χ0) is 13.9. The van der Waals surface area contributed by atoms with Crippen LogP contribution < -0.4 is 5.06 Å². The minimum Gasteiger partial charge on any atom is -0.270 e. The molecule has 0 N–H and O–H groups in total. The summed E-state index contributed by atoms with van der Waals surface area (Å²) in [4.78, 5) is 9.79. The maximum atomic E-state index is 5.26. The van der Waals surface area contributed by atoms with Gasteiger partial charge in [-0.25, -0.2) is 4.68 Å². The van der Waals surface area contributed by atoms with Crippen molar-refractivity contribution in [2.24, 2.45) is 0 Å². The Morgan fingerprint density at radius 3 is 2.85 bits per heavy atom. The zero-order valence-corrected chi connectivity index (χ0v) is 12.2. The van der Waals surface area contributed by atoms with E-state index in [-0.39, 0.29) is 6.04 Å². The molecule has 0 amide bonds. The number of benzene rings is 1. The predicted molar refractivity (Wildman–Crippen MR) is 79.4 cm³/mol. The maximum Gasteiger partial charge on any atom is 0.254 e. The lowest BCUT2D eigenvalue weighted by Crippen LogP contribution is -2.24. The van der Waals surface area contributed by atoms with Gasteiger partial charge in [-0.1, -0.05) is 42.1 Å². The van der Waals surface area contributed by atoms with Gasteiger partial charge in [0.25, 0.3) is 5.95 Å². The van der Waals surface area contributed by atoms with Crippen molar-refractivity contribution >= 4 is 17.7 Å². The quantitative estimate of drug-likeness (QED) is 0.809. The van der Waals surface area contributed by atoms with Gasteiger partial charge in [0.1, 0.15) is 0 Å². The molecule has 104 valence electrons. The van der Waals surface area contributed by atoms with Crippen LogP contribution in [-0.2, 0) is 10.6 Å². The van der Waals surface area contributed by atoms with Gasteiger partial charge in [-0.05, 0) is 18.6 Å². The molecule has 2 heterocycles. The van der Waals surface area contributed by atoms with Crippen molar-refractivity contribution in [2.75, 3.05) is 12.2 Å². The standard InChI is InChI=1S/C14H16N4OS/c1-11-8-9-17(19-2)14-15-13(16-18(11)14)20-10-12-6-4-3-5-7-12/h3-9,11H,10H2,1-2H3. The summed E-state index contributed by atoms with van der Waals surface area (Å²) < 4.78 is 1.87. The van der Waals surface area contributed by atoms with Gasteiger partial charge in [0.2, 0.25) is 5.16 Å². The van der Waals surface area contributed by atoms with Crippen molar-refractivity contribution in [1.29, 1.82) is 0 Å². The Morgan fingerprint density at radius 2 is 2.10 bits per heavy atom. The molecule has 0 spiro atoms. The molecule has 1 aromatic carbocycles. The first-order valence-corrected chi connectivity index (χ1v) is 7.41. The van der Waals surface area contributed by atoms with Crippen molar-refractivity contribution in [2.45, 2.75) is 23.9 Å². The number of rotatable bonds is 4. The number of aromatic nitrogens is 3. The van der Waals surface area contributed by atoms with Crippen LogP contribution in [0.1, 0.15) is 18.5 Å². The van der Waals surface area contributed by atoms with Crippen molar-refractivity contribution in [3.05, 3.63) is 48.2 Å². The predicted octanol–water partition coefficient (Wildman–Crippen LogP) is 3.03. The highest BCUT2D eigenvalue weighted by Crippen LogP contribution is 2.28. The van der Waals surface area contributed by atoms with E-state index < -0.39 is 0 Å². The van der Waals surface area contributed by atoms with Crippen molar-refractivity contribution in [1.82, 2.24) is 14.8 Å². The zero-order valence-electron chi connectivity index (χ0n) is 11.4. The van der Waals surface area contributed by atoms with Crippen molar-refractivity contribution in [3.8, 4) is 0 Å². The molecule has 20 heavy (non-hydrogen) atoms. The van der Waals surface area contributed by atoms with Crippen molar-refractivity contribution in [3.63, 3.8) is 0 Å².